The fourth-order valence-corrected chi connectivity index (χ4v) is 5.75. The number of sulfonamides is 1. The Balaban J connectivity index is 1.53. The molecule has 0 heterocycles. The second-order valence-corrected chi connectivity index (χ2v) is 10.00. The monoisotopic (exact) mass is 384 g/mol. The Hall–Kier alpha value is -1.69. The zero-order valence-corrected chi connectivity index (χ0v) is 16.4. The van der Waals surface area contributed by atoms with Gasteiger partial charge in [0.15, 0.2) is 0 Å². The number of benzene rings is 2. The van der Waals surface area contributed by atoms with Crippen LogP contribution in [-0.4, -0.2) is 19.7 Å². The first-order valence-electron chi connectivity index (χ1n) is 9.92. The molecule has 0 bridgehead atoms. The Morgan fingerprint density at radius 2 is 1.78 bits per heavy atom. The molecule has 1 saturated carbocycles. The highest BCUT2D eigenvalue weighted by Crippen LogP contribution is 2.34. The van der Waals surface area contributed by atoms with E-state index in [1.165, 1.54) is 16.7 Å². The highest BCUT2D eigenvalue weighted by molar-refractivity contribution is 7.90. The molecule has 0 spiro atoms. The molecule has 0 aromatic heterocycles. The van der Waals surface area contributed by atoms with Crippen molar-refractivity contribution in [3.05, 3.63) is 70.8 Å². The van der Waals surface area contributed by atoms with Crippen molar-refractivity contribution in [2.45, 2.75) is 62.3 Å². The molecule has 27 heavy (non-hydrogen) atoms. The molecule has 2 aromatic rings. The van der Waals surface area contributed by atoms with Gasteiger partial charge in [0.25, 0.3) is 0 Å². The van der Waals surface area contributed by atoms with Gasteiger partial charge < -0.3 is 5.73 Å². The molecule has 4 rings (SSSR count). The minimum atomic E-state index is -3.19. The number of hydrogen-bond donors (Lipinski definition) is 2. The van der Waals surface area contributed by atoms with Gasteiger partial charge in [-0.05, 0) is 54.4 Å². The van der Waals surface area contributed by atoms with E-state index < -0.39 is 10.0 Å². The summed E-state index contributed by atoms with van der Waals surface area (Å²) in [5.41, 5.74) is 11.4. The van der Waals surface area contributed by atoms with Crippen molar-refractivity contribution in [1.82, 2.24) is 4.72 Å². The molecule has 2 atom stereocenters. The van der Waals surface area contributed by atoms with Crippen LogP contribution in [0.1, 0.15) is 53.9 Å². The quantitative estimate of drug-likeness (QED) is 0.803. The summed E-state index contributed by atoms with van der Waals surface area (Å²) < 4.78 is 27.4. The molecular formula is C22H28N2O2S. The Kier molecular flexibility index (Phi) is 5.35. The van der Waals surface area contributed by atoms with Crippen LogP contribution in [-0.2, 0) is 29.4 Å². The Labute approximate surface area is 162 Å². The maximum absolute atomic E-state index is 12.3. The van der Waals surface area contributed by atoms with Crippen molar-refractivity contribution < 1.29 is 8.42 Å². The van der Waals surface area contributed by atoms with Crippen molar-refractivity contribution in [1.29, 1.82) is 0 Å². The largest absolute Gasteiger partial charge is 0.327 e. The average Bonchev–Trinajstić information content (AvgIpc) is 2.61. The van der Waals surface area contributed by atoms with Gasteiger partial charge in [0.2, 0.25) is 10.0 Å². The minimum absolute atomic E-state index is 0.139. The highest BCUT2D eigenvalue weighted by atomic mass is 32.2. The van der Waals surface area contributed by atoms with E-state index in [4.69, 9.17) is 5.73 Å². The summed E-state index contributed by atoms with van der Waals surface area (Å²) in [6.45, 7) is 0.361. The first-order chi connectivity index (χ1) is 13.0. The predicted octanol–water partition coefficient (Wildman–Crippen LogP) is 3.26. The summed E-state index contributed by atoms with van der Waals surface area (Å²) in [4.78, 5) is 0. The van der Waals surface area contributed by atoms with Crippen molar-refractivity contribution >= 4 is 10.0 Å². The van der Waals surface area contributed by atoms with Crippen LogP contribution in [0.3, 0.4) is 0 Å². The molecule has 0 amide bonds. The maximum atomic E-state index is 12.3. The van der Waals surface area contributed by atoms with E-state index in [1.54, 1.807) is 0 Å². The lowest BCUT2D eigenvalue weighted by Crippen LogP contribution is -2.38. The smallest absolute Gasteiger partial charge is 0.214 e. The van der Waals surface area contributed by atoms with E-state index in [0.29, 0.717) is 6.54 Å². The fourth-order valence-electron chi connectivity index (χ4n) is 4.19. The SMILES string of the molecule is N[C@H]1CCc2ccc(CNS(=O)(=O)C3CCC3)cc2[C@H]1Cc1ccccc1. The maximum Gasteiger partial charge on any atom is 0.214 e. The van der Waals surface area contributed by atoms with Crippen molar-refractivity contribution in [2.24, 2.45) is 5.73 Å². The van der Waals surface area contributed by atoms with Gasteiger partial charge in [-0.25, -0.2) is 13.1 Å². The van der Waals surface area contributed by atoms with Gasteiger partial charge in [0.05, 0.1) is 5.25 Å². The Morgan fingerprint density at radius 1 is 1.00 bits per heavy atom. The van der Waals surface area contributed by atoms with Gasteiger partial charge in [-0.15, -0.1) is 0 Å². The van der Waals surface area contributed by atoms with Crippen LogP contribution >= 0.6 is 0 Å². The summed E-state index contributed by atoms with van der Waals surface area (Å²) in [6.07, 6.45) is 5.50. The molecule has 3 N–H and O–H groups in total. The molecule has 4 nitrogen and oxygen atoms in total. The van der Waals surface area contributed by atoms with Crippen LogP contribution in [0.25, 0.3) is 0 Å². The second kappa shape index (κ2) is 7.74. The average molecular weight is 385 g/mol. The lowest BCUT2D eigenvalue weighted by molar-refractivity contribution is 0.465. The molecule has 1 fully saturated rings. The van der Waals surface area contributed by atoms with E-state index in [-0.39, 0.29) is 17.2 Å². The van der Waals surface area contributed by atoms with E-state index in [2.05, 4.69) is 47.2 Å². The number of fused-ring (bicyclic) bond motifs is 1. The standard InChI is InChI=1S/C22H28N2O2S/c23-22-12-11-18-10-9-17(15-24-27(25,26)19-7-4-8-19)14-20(18)21(22)13-16-5-2-1-3-6-16/h1-3,5-6,9-10,14,19,21-22,24H,4,7-8,11-13,15,23H2/t21-,22+/m1/s1. The highest BCUT2D eigenvalue weighted by Gasteiger charge is 2.31. The summed E-state index contributed by atoms with van der Waals surface area (Å²) in [7, 11) is -3.19. The zero-order valence-electron chi connectivity index (χ0n) is 15.6. The molecule has 0 radical (unpaired) electrons. The Bertz CT molecular complexity index is 892. The number of hydrogen-bond acceptors (Lipinski definition) is 3. The van der Waals surface area contributed by atoms with Crippen molar-refractivity contribution in [2.75, 3.05) is 0 Å². The third kappa shape index (κ3) is 4.10. The van der Waals surface area contributed by atoms with Gasteiger partial charge in [-0.1, -0.05) is 55.0 Å². The topological polar surface area (TPSA) is 72.2 Å². The molecule has 2 aliphatic rings. The summed E-state index contributed by atoms with van der Waals surface area (Å²) in [5.74, 6) is 0.277. The summed E-state index contributed by atoms with van der Waals surface area (Å²) in [5, 5.41) is -0.200. The van der Waals surface area contributed by atoms with Crippen LogP contribution in [0.4, 0.5) is 0 Å². The summed E-state index contributed by atoms with van der Waals surface area (Å²) >= 11 is 0. The van der Waals surface area contributed by atoms with E-state index >= 15 is 0 Å². The van der Waals surface area contributed by atoms with Gasteiger partial charge in [0, 0.05) is 18.5 Å². The van der Waals surface area contributed by atoms with Crippen LogP contribution in [0.2, 0.25) is 0 Å². The van der Waals surface area contributed by atoms with E-state index in [0.717, 1.165) is 44.1 Å². The number of nitrogens with two attached hydrogens (primary N) is 1. The molecule has 144 valence electrons. The summed E-state index contributed by atoms with van der Waals surface area (Å²) in [6, 6.07) is 17.0. The molecule has 2 aliphatic carbocycles. The second-order valence-electron chi connectivity index (χ2n) is 7.95. The van der Waals surface area contributed by atoms with Crippen molar-refractivity contribution in [3.63, 3.8) is 0 Å². The molecular weight excluding hydrogens is 356 g/mol. The van der Waals surface area contributed by atoms with Crippen LogP contribution < -0.4 is 10.5 Å². The van der Waals surface area contributed by atoms with Gasteiger partial charge in [-0.3, -0.25) is 0 Å². The number of nitrogens with one attached hydrogen (secondary N) is 1. The zero-order chi connectivity index (χ0) is 18.9. The van der Waals surface area contributed by atoms with Crippen LogP contribution in [0.15, 0.2) is 48.5 Å². The van der Waals surface area contributed by atoms with Gasteiger partial charge in [0.1, 0.15) is 0 Å². The van der Waals surface area contributed by atoms with Crippen molar-refractivity contribution in [3.8, 4) is 0 Å². The predicted molar refractivity (Wildman–Crippen MR) is 109 cm³/mol. The van der Waals surface area contributed by atoms with E-state index in [9.17, 15) is 8.42 Å². The van der Waals surface area contributed by atoms with Gasteiger partial charge in [-0.2, -0.15) is 0 Å². The number of rotatable bonds is 6. The fraction of sp³-hybridized carbons (Fsp3) is 0.455. The molecule has 0 saturated heterocycles. The third-order valence-electron chi connectivity index (χ3n) is 6.14. The first kappa shape index (κ1) is 18.7. The van der Waals surface area contributed by atoms with Gasteiger partial charge >= 0.3 is 0 Å². The Morgan fingerprint density at radius 3 is 2.48 bits per heavy atom. The molecule has 2 aromatic carbocycles. The third-order valence-corrected chi connectivity index (χ3v) is 8.04. The van der Waals surface area contributed by atoms with Crippen LogP contribution in [0, 0.1) is 0 Å². The lowest BCUT2D eigenvalue weighted by Gasteiger charge is -2.32. The van der Waals surface area contributed by atoms with Crippen LogP contribution in [0.5, 0.6) is 0 Å². The molecule has 0 unspecified atom stereocenters. The minimum Gasteiger partial charge on any atom is -0.327 e. The normalized spacial score (nSPS) is 22.9. The number of aryl methyl sites for hydroxylation is 1. The molecule has 0 aliphatic heterocycles. The lowest BCUT2D eigenvalue weighted by atomic mass is 9.76. The molecule has 5 heteroatoms. The van der Waals surface area contributed by atoms with E-state index in [1.807, 2.05) is 6.07 Å². The first-order valence-corrected chi connectivity index (χ1v) is 11.5.